The van der Waals surface area contributed by atoms with Crippen molar-refractivity contribution in [3.63, 3.8) is 0 Å². The van der Waals surface area contributed by atoms with Gasteiger partial charge in [-0.2, -0.15) is 0 Å². The fourth-order valence-electron chi connectivity index (χ4n) is 0.912. The van der Waals surface area contributed by atoms with Crippen molar-refractivity contribution in [1.82, 2.24) is 0 Å². The van der Waals surface area contributed by atoms with E-state index in [4.69, 9.17) is 10.2 Å². The van der Waals surface area contributed by atoms with Gasteiger partial charge in [0.15, 0.2) is 11.5 Å². The molecule has 1 aromatic carbocycles. The van der Waals surface area contributed by atoms with Gasteiger partial charge in [0.25, 0.3) is 6.43 Å². The summed E-state index contributed by atoms with van der Waals surface area (Å²) in [5, 5.41) is 18.1. The second-order valence-electron chi connectivity index (χ2n) is 2.38. The van der Waals surface area contributed by atoms with Gasteiger partial charge in [0.2, 0.25) is 0 Å². The molecule has 0 atom stereocenters. The standard InChI is InChI=1S/C8H8F2O3/c1-13-7-3-5(11)4(8(9)10)2-6(7)12/h2-3,8,11-12H,1H3. The minimum absolute atomic E-state index is 0.0399. The maximum Gasteiger partial charge on any atom is 0.267 e. The summed E-state index contributed by atoms with van der Waals surface area (Å²) in [7, 11) is 1.26. The van der Waals surface area contributed by atoms with Gasteiger partial charge in [-0.15, -0.1) is 0 Å². The van der Waals surface area contributed by atoms with E-state index in [2.05, 4.69) is 4.74 Å². The molecule has 0 heterocycles. The lowest BCUT2D eigenvalue weighted by Gasteiger charge is -2.07. The molecule has 0 fully saturated rings. The van der Waals surface area contributed by atoms with E-state index in [9.17, 15) is 8.78 Å². The number of hydrogen-bond donors (Lipinski definition) is 2. The van der Waals surface area contributed by atoms with Crippen LogP contribution in [0.25, 0.3) is 0 Å². The molecule has 0 bridgehead atoms. The summed E-state index contributed by atoms with van der Waals surface area (Å²) in [6.45, 7) is 0. The van der Waals surface area contributed by atoms with Gasteiger partial charge in [0.05, 0.1) is 12.7 Å². The van der Waals surface area contributed by atoms with Crippen molar-refractivity contribution in [3.8, 4) is 17.2 Å². The molecule has 5 heteroatoms. The summed E-state index contributed by atoms with van der Waals surface area (Å²) in [6.07, 6.45) is -2.82. The Bertz CT molecular complexity index is 313. The first kappa shape index (κ1) is 9.57. The lowest BCUT2D eigenvalue weighted by Crippen LogP contribution is -1.89. The fraction of sp³-hybridized carbons (Fsp3) is 0.250. The quantitative estimate of drug-likeness (QED) is 0.701. The largest absolute Gasteiger partial charge is 0.507 e. The number of rotatable bonds is 2. The molecule has 13 heavy (non-hydrogen) atoms. The molecule has 0 aliphatic carbocycles. The first-order valence-electron chi connectivity index (χ1n) is 3.44. The minimum atomic E-state index is -2.82. The number of hydrogen-bond acceptors (Lipinski definition) is 3. The Balaban J connectivity index is 3.20. The Kier molecular flexibility index (Phi) is 2.55. The first-order valence-corrected chi connectivity index (χ1v) is 3.44. The number of phenolic OH excluding ortho intramolecular Hbond substituents is 2. The number of ether oxygens (including phenoxy) is 1. The maximum atomic E-state index is 12.1. The van der Waals surface area contributed by atoms with Gasteiger partial charge in [0.1, 0.15) is 5.75 Å². The third-order valence-electron chi connectivity index (χ3n) is 1.56. The molecule has 0 aromatic heterocycles. The van der Waals surface area contributed by atoms with Crippen molar-refractivity contribution in [2.45, 2.75) is 6.43 Å². The normalized spacial score (nSPS) is 10.5. The second kappa shape index (κ2) is 3.47. The highest BCUT2D eigenvalue weighted by atomic mass is 19.3. The van der Waals surface area contributed by atoms with Crippen LogP contribution in [0, 0.1) is 0 Å². The van der Waals surface area contributed by atoms with E-state index < -0.39 is 23.5 Å². The molecule has 0 unspecified atom stereocenters. The molecular weight excluding hydrogens is 182 g/mol. The van der Waals surface area contributed by atoms with Crippen LogP contribution in [0.1, 0.15) is 12.0 Å². The van der Waals surface area contributed by atoms with Crippen molar-refractivity contribution >= 4 is 0 Å². The molecule has 0 spiro atoms. The summed E-state index contributed by atoms with van der Waals surface area (Å²) < 4.78 is 28.9. The molecule has 2 N–H and O–H groups in total. The average molecular weight is 190 g/mol. The number of aromatic hydroxyl groups is 2. The average Bonchev–Trinajstić information content (AvgIpc) is 2.07. The van der Waals surface area contributed by atoms with E-state index in [0.29, 0.717) is 0 Å². The number of halogens is 2. The molecule has 0 aliphatic heterocycles. The van der Waals surface area contributed by atoms with Gasteiger partial charge in [-0.25, -0.2) is 8.78 Å². The lowest BCUT2D eigenvalue weighted by molar-refractivity contribution is 0.147. The predicted molar refractivity (Wildman–Crippen MR) is 41.3 cm³/mol. The van der Waals surface area contributed by atoms with E-state index in [1.165, 1.54) is 7.11 Å². The molecule has 1 rings (SSSR count). The highest BCUT2D eigenvalue weighted by Crippen LogP contribution is 2.37. The molecular formula is C8H8F2O3. The zero-order valence-corrected chi connectivity index (χ0v) is 6.79. The maximum absolute atomic E-state index is 12.1. The van der Waals surface area contributed by atoms with E-state index in [0.717, 1.165) is 12.1 Å². The van der Waals surface area contributed by atoms with Crippen LogP contribution in [-0.4, -0.2) is 17.3 Å². The van der Waals surface area contributed by atoms with Crippen LogP contribution in [-0.2, 0) is 0 Å². The van der Waals surface area contributed by atoms with E-state index in [1.807, 2.05) is 0 Å². The van der Waals surface area contributed by atoms with Gasteiger partial charge in [-0.3, -0.25) is 0 Å². The Hall–Kier alpha value is -1.52. The van der Waals surface area contributed by atoms with E-state index in [1.54, 1.807) is 0 Å². The molecule has 0 amide bonds. The molecule has 3 nitrogen and oxygen atoms in total. The Morgan fingerprint density at radius 2 is 1.85 bits per heavy atom. The monoisotopic (exact) mass is 190 g/mol. The van der Waals surface area contributed by atoms with Crippen LogP contribution in [0.5, 0.6) is 17.2 Å². The van der Waals surface area contributed by atoms with Gasteiger partial charge in [-0.1, -0.05) is 0 Å². The Morgan fingerprint density at radius 3 is 2.31 bits per heavy atom. The highest BCUT2D eigenvalue weighted by molar-refractivity contribution is 5.49. The van der Waals surface area contributed by atoms with Crippen LogP contribution >= 0.6 is 0 Å². The number of benzene rings is 1. The number of phenols is 2. The zero-order valence-electron chi connectivity index (χ0n) is 6.79. The molecule has 1 aromatic rings. The molecule has 0 saturated heterocycles. The summed E-state index contributed by atoms with van der Waals surface area (Å²) in [5.74, 6) is -1.05. The molecule has 72 valence electrons. The van der Waals surface area contributed by atoms with Crippen LogP contribution < -0.4 is 4.74 Å². The lowest BCUT2D eigenvalue weighted by atomic mass is 10.2. The van der Waals surface area contributed by atoms with Crippen molar-refractivity contribution in [2.24, 2.45) is 0 Å². The second-order valence-corrected chi connectivity index (χ2v) is 2.38. The van der Waals surface area contributed by atoms with Gasteiger partial charge in [0, 0.05) is 6.07 Å². The predicted octanol–water partition coefficient (Wildman–Crippen LogP) is 2.04. The Labute approximate surface area is 73.2 Å². The van der Waals surface area contributed by atoms with Crippen molar-refractivity contribution < 1.29 is 23.7 Å². The van der Waals surface area contributed by atoms with Crippen LogP contribution in [0.15, 0.2) is 12.1 Å². The van der Waals surface area contributed by atoms with E-state index >= 15 is 0 Å². The highest BCUT2D eigenvalue weighted by Gasteiger charge is 2.16. The molecule has 0 aliphatic rings. The fourth-order valence-corrected chi connectivity index (χ4v) is 0.912. The van der Waals surface area contributed by atoms with Gasteiger partial charge >= 0.3 is 0 Å². The topological polar surface area (TPSA) is 49.7 Å². The van der Waals surface area contributed by atoms with Crippen molar-refractivity contribution in [2.75, 3.05) is 7.11 Å². The van der Waals surface area contributed by atoms with Crippen LogP contribution in [0.4, 0.5) is 8.78 Å². The first-order chi connectivity index (χ1) is 6.06. The third kappa shape index (κ3) is 1.80. The van der Waals surface area contributed by atoms with Crippen molar-refractivity contribution in [3.05, 3.63) is 17.7 Å². The molecule has 0 saturated carbocycles. The third-order valence-corrected chi connectivity index (χ3v) is 1.56. The van der Waals surface area contributed by atoms with Crippen LogP contribution in [0.3, 0.4) is 0 Å². The number of methoxy groups -OCH3 is 1. The van der Waals surface area contributed by atoms with Crippen LogP contribution in [0.2, 0.25) is 0 Å². The summed E-state index contributed by atoms with van der Waals surface area (Å²) >= 11 is 0. The zero-order chi connectivity index (χ0) is 10.0. The summed E-state index contributed by atoms with van der Waals surface area (Å²) in [4.78, 5) is 0. The van der Waals surface area contributed by atoms with Gasteiger partial charge < -0.3 is 14.9 Å². The minimum Gasteiger partial charge on any atom is -0.507 e. The Morgan fingerprint density at radius 1 is 1.23 bits per heavy atom. The SMILES string of the molecule is COc1cc(O)c(C(F)F)cc1O. The smallest absolute Gasteiger partial charge is 0.267 e. The van der Waals surface area contributed by atoms with E-state index in [-0.39, 0.29) is 5.75 Å². The summed E-state index contributed by atoms with van der Waals surface area (Å²) in [6, 6.07) is 1.72. The number of alkyl halides is 2. The van der Waals surface area contributed by atoms with Gasteiger partial charge in [-0.05, 0) is 6.07 Å². The molecule has 0 radical (unpaired) electrons. The van der Waals surface area contributed by atoms with Crippen molar-refractivity contribution in [1.29, 1.82) is 0 Å². The summed E-state index contributed by atoms with van der Waals surface area (Å²) in [5.41, 5.74) is -0.613.